The predicted octanol–water partition coefficient (Wildman–Crippen LogP) is -0.0992. The SMILES string of the molecule is C=N[N+](C)(N=C)O[N+](O[N+](C)(N=C)N=C)(O[N+](C)(N=C)N=C)O[N+](C)(N=C)N=C. The van der Waals surface area contributed by atoms with Crippen LogP contribution in [0.4, 0.5) is 0 Å². The molecule has 0 aliphatic carbocycles. The van der Waals surface area contributed by atoms with Gasteiger partial charge in [0, 0.05) is 0 Å². The van der Waals surface area contributed by atoms with Crippen molar-refractivity contribution in [2.75, 3.05) is 28.2 Å². The first-order chi connectivity index (χ1) is 13.3. The summed E-state index contributed by atoms with van der Waals surface area (Å²) < 4.78 is 0. The Labute approximate surface area is 168 Å². The number of nitrogens with zero attached hydrogens (tertiary/aromatic N) is 13. The Hall–Kier alpha value is -3.00. The van der Waals surface area contributed by atoms with Crippen molar-refractivity contribution in [3.63, 3.8) is 0 Å². The Kier molecular flexibility index (Phi) is 8.49. The van der Waals surface area contributed by atoms with Crippen molar-refractivity contribution in [1.82, 2.24) is 0 Å². The lowest BCUT2D eigenvalue weighted by molar-refractivity contribution is -1.72. The quantitative estimate of drug-likeness (QED) is 0.196. The van der Waals surface area contributed by atoms with E-state index in [-0.39, 0.29) is 0 Å². The fraction of sp³-hybridized carbons (Fsp3) is 0.333. The van der Waals surface area contributed by atoms with Gasteiger partial charge in [-0.15, -0.1) is 0 Å². The summed E-state index contributed by atoms with van der Waals surface area (Å²) >= 11 is 0. The van der Waals surface area contributed by atoms with E-state index in [9.17, 15) is 0 Å². The molecule has 0 N–H and O–H groups in total. The molecule has 0 amide bonds. The Morgan fingerprint density at radius 1 is 0.379 bits per heavy atom. The Bertz CT molecular complexity index is 546. The van der Waals surface area contributed by atoms with Gasteiger partial charge in [0.2, 0.25) is 0 Å². The third kappa shape index (κ3) is 6.53. The lowest BCUT2D eigenvalue weighted by Gasteiger charge is -2.27. The highest BCUT2D eigenvalue weighted by Gasteiger charge is 2.71. The molecule has 160 valence electrons. The molecule has 0 bridgehead atoms. The molecule has 0 radical (unpaired) electrons. The van der Waals surface area contributed by atoms with Gasteiger partial charge in [-0.25, -0.2) is 0 Å². The van der Waals surface area contributed by atoms with Gasteiger partial charge in [0.15, 0.2) is 47.9 Å². The van der Waals surface area contributed by atoms with E-state index in [1.807, 2.05) is 0 Å². The fourth-order valence-corrected chi connectivity index (χ4v) is 1.23. The highest BCUT2D eigenvalue weighted by atomic mass is 17.5. The van der Waals surface area contributed by atoms with E-state index in [0.29, 0.717) is 0 Å². The molecule has 0 aliphatic rings. The summed E-state index contributed by atoms with van der Waals surface area (Å²) in [5.74, 6) is 0. The monoisotopic (exact) mass is 418 g/mol. The van der Waals surface area contributed by atoms with Crippen molar-refractivity contribution < 1.29 is 44.3 Å². The number of hydrogen-bond donors (Lipinski definition) is 0. The van der Waals surface area contributed by atoms with Crippen LogP contribution in [-0.2, 0) is 19.8 Å². The maximum absolute atomic E-state index is 5.60. The maximum Gasteiger partial charge on any atom is 0.472 e. The Morgan fingerprint density at radius 2 is 0.517 bits per heavy atom. The molecule has 0 aromatic rings. The molecular formula is C12H28N13O4+5. The van der Waals surface area contributed by atoms with Crippen LogP contribution in [-0.4, -0.2) is 107 Å². The molecule has 0 heterocycles. The van der Waals surface area contributed by atoms with Gasteiger partial charge in [-0.05, 0) is 40.8 Å². The van der Waals surface area contributed by atoms with E-state index in [1.165, 1.54) is 28.2 Å². The van der Waals surface area contributed by atoms with Crippen molar-refractivity contribution in [2.24, 2.45) is 40.8 Å². The van der Waals surface area contributed by atoms with Gasteiger partial charge in [-0.2, -0.15) is 0 Å². The smallest absolute Gasteiger partial charge is 0.0274 e. The summed E-state index contributed by atoms with van der Waals surface area (Å²) in [6.45, 7) is 26.8. The number of quaternary nitrogens is 5. The summed E-state index contributed by atoms with van der Waals surface area (Å²) in [6, 6.07) is 0. The molecule has 0 fully saturated rings. The van der Waals surface area contributed by atoms with E-state index in [1.54, 1.807) is 0 Å². The summed E-state index contributed by atoms with van der Waals surface area (Å²) in [6.07, 6.45) is 0. The van der Waals surface area contributed by atoms with Crippen LogP contribution < -0.4 is 0 Å². The topological polar surface area (TPSA) is 136 Å². The van der Waals surface area contributed by atoms with Gasteiger partial charge in [-0.3, -0.25) is 0 Å². The summed E-state index contributed by atoms with van der Waals surface area (Å²) in [5.41, 5.74) is 0. The molecular weight excluding hydrogens is 390 g/mol. The van der Waals surface area contributed by atoms with E-state index in [0.717, 1.165) is 0 Å². The van der Waals surface area contributed by atoms with Crippen LogP contribution in [0.3, 0.4) is 0 Å². The van der Waals surface area contributed by atoms with Gasteiger partial charge in [0.05, 0.1) is 53.7 Å². The summed E-state index contributed by atoms with van der Waals surface area (Å²) in [7, 11) is 5.15. The second kappa shape index (κ2) is 9.47. The first-order valence-electron chi connectivity index (χ1n) is 7.38. The molecule has 0 rings (SSSR count). The first kappa shape index (κ1) is 26.0. The lowest BCUT2D eigenvalue weighted by atomic mass is 11.3. The van der Waals surface area contributed by atoms with Crippen LogP contribution in [0.25, 0.3) is 0 Å². The Morgan fingerprint density at radius 3 is 0.621 bits per heavy atom. The fourth-order valence-electron chi connectivity index (χ4n) is 1.23. The largest absolute Gasteiger partial charge is 0.472 e. The van der Waals surface area contributed by atoms with Crippen LogP contribution >= 0.6 is 0 Å². The third-order valence-electron chi connectivity index (χ3n) is 3.12. The average Bonchev–Trinajstić information content (AvgIpc) is 2.73. The minimum Gasteiger partial charge on any atom is -0.0274 e. The van der Waals surface area contributed by atoms with E-state index in [2.05, 4.69) is 94.6 Å². The van der Waals surface area contributed by atoms with E-state index in [4.69, 9.17) is 19.8 Å². The molecule has 29 heavy (non-hydrogen) atoms. The van der Waals surface area contributed by atoms with Crippen LogP contribution in [0.1, 0.15) is 0 Å². The minimum atomic E-state index is -1.86. The highest BCUT2D eigenvalue weighted by Crippen LogP contribution is 2.31. The number of hydrogen-bond acceptors (Lipinski definition) is 12. The molecule has 0 unspecified atom stereocenters. The average molecular weight is 418 g/mol. The van der Waals surface area contributed by atoms with Gasteiger partial charge < -0.3 is 0 Å². The Balaban J connectivity index is 6.88. The normalized spacial score (nSPS) is 13.1. The van der Waals surface area contributed by atoms with Crippen molar-refractivity contribution in [2.45, 2.75) is 0 Å². The zero-order valence-electron chi connectivity index (χ0n) is 17.1. The second-order valence-electron chi connectivity index (χ2n) is 5.25. The minimum absolute atomic E-state index is 1.06. The maximum atomic E-state index is 5.60. The summed E-state index contributed by atoms with van der Waals surface area (Å²) in [4.78, 5) is 18.2. The van der Waals surface area contributed by atoms with Crippen molar-refractivity contribution in [3.05, 3.63) is 0 Å². The number of hydroxylamine groups is 4. The third-order valence-corrected chi connectivity index (χ3v) is 3.12. The second-order valence-corrected chi connectivity index (χ2v) is 5.25. The predicted molar refractivity (Wildman–Crippen MR) is 106 cm³/mol. The number of rotatable bonds is 16. The molecule has 0 spiro atoms. The lowest BCUT2D eigenvalue weighted by Crippen LogP contribution is -2.66. The first-order valence-corrected chi connectivity index (χ1v) is 7.38. The van der Waals surface area contributed by atoms with Crippen LogP contribution in [0.5, 0.6) is 0 Å². The van der Waals surface area contributed by atoms with Crippen molar-refractivity contribution >= 4 is 53.7 Å². The van der Waals surface area contributed by atoms with Crippen LogP contribution in [0, 0.1) is 0 Å². The van der Waals surface area contributed by atoms with E-state index >= 15 is 0 Å². The van der Waals surface area contributed by atoms with Crippen molar-refractivity contribution in [1.29, 1.82) is 0 Å². The molecule has 0 atom stereocenters. The zero-order chi connectivity index (χ0) is 23.0. The molecule has 0 aromatic carbocycles. The van der Waals surface area contributed by atoms with Crippen LogP contribution in [0.15, 0.2) is 40.8 Å². The van der Waals surface area contributed by atoms with Gasteiger partial charge in [0.25, 0.3) is 0 Å². The highest BCUT2D eigenvalue weighted by molar-refractivity contribution is 5.24. The summed E-state index contributed by atoms with van der Waals surface area (Å²) in [5, 5.41) is 27.3. The van der Waals surface area contributed by atoms with Crippen molar-refractivity contribution in [3.8, 4) is 0 Å². The molecule has 0 aromatic heterocycles. The van der Waals surface area contributed by atoms with Gasteiger partial charge >= 0.3 is 5.14 Å². The molecule has 0 aliphatic heterocycles. The molecule has 17 nitrogen and oxygen atoms in total. The van der Waals surface area contributed by atoms with Crippen LogP contribution in [0.2, 0.25) is 0 Å². The van der Waals surface area contributed by atoms with Gasteiger partial charge in [-0.1, -0.05) is 0 Å². The van der Waals surface area contributed by atoms with E-state index < -0.39 is 24.6 Å². The van der Waals surface area contributed by atoms with Gasteiger partial charge in [0.1, 0.15) is 19.5 Å². The molecule has 17 heteroatoms. The zero-order valence-corrected chi connectivity index (χ0v) is 17.1. The molecule has 0 saturated carbocycles. The molecule has 0 saturated heterocycles. The standard InChI is InChI=1S/C12H28N13O4/c1-13-21(9,14-2)26-25(27-22(10,15-3)16-4,28-23(11,17-5)18-6)29-24(12,19-7)20-8/h1-8H2,9-12H3/q+5.